The summed E-state index contributed by atoms with van der Waals surface area (Å²) < 4.78 is 5.37. The first-order valence-corrected chi connectivity index (χ1v) is 6.76. The Hall–Kier alpha value is -1.71. The van der Waals surface area contributed by atoms with E-state index in [0.717, 1.165) is 22.7 Å². The van der Waals surface area contributed by atoms with E-state index in [1.54, 1.807) is 20.1 Å². The van der Waals surface area contributed by atoms with Gasteiger partial charge in [-0.2, -0.15) is 0 Å². The molecule has 106 valence electrons. The zero-order chi connectivity index (χ0) is 14.7. The van der Waals surface area contributed by atoms with Crippen LogP contribution in [0, 0.1) is 0 Å². The van der Waals surface area contributed by atoms with Crippen LogP contribution in [0.25, 0.3) is 0 Å². The Labute approximate surface area is 124 Å². The highest BCUT2D eigenvalue weighted by atomic mass is 35.5. The van der Waals surface area contributed by atoms with Crippen molar-refractivity contribution in [3.8, 4) is 5.75 Å². The molecule has 2 rings (SSSR count). The summed E-state index contributed by atoms with van der Waals surface area (Å²) in [5.74, 6) is 0.783. The van der Waals surface area contributed by atoms with Gasteiger partial charge in [-0.25, -0.2) is 0 Å². The molecule has 3 nitrogen and oxygen atoms in total. The quantitative estimate of drug-likeness (QED) is 0.918. The number of halogens is 1. The molecule has 0 saturated heterocycles. The van der Waals surface area contributed by atoms with E-state index < -0.39 is 6.10 Å². The highest BCUT2D eigenvalue weighted by Gasteiger charge is 2.13. The van der Waals surface area contributed by atoms with Crippen molar-refractivity contribution in [2.45, 2.75) is 13.0 Å². The van der Waals surface area contributed by atoms with Gasteiger partial charge in [0.25, 0.3) is 0 Å². The standard InChI is InChI=1S/C16H18ClNO2/c1-11(19)12-8-9-14(13(17)10-12)18(2)15-6-4-5-7-16(15)20-3/h4-11,19H,1-3H3/t11-/m1/s1. The molecule has 0 fully saturated rings. The summed E-state index contributed by atoms with van der Waals surface area (Å²) in [4.78, 5) is 1.97. The zero-order valence-corrected chi connectivity index (χ0v) is 12.6. The van der Waals surface area contributed by atoms with E-state index in [0.29, 0.717) is 5.02 Å². The van der Waals surface area contributed by atoms with Crippen molar-refractivity contribution in [1.29, 1.82) is 0 Å². The third-order valence-corrected chi connectivity index (χ3v) is 3.56. The lowest BCUT2D eigenvalue weighted by Crippen LogP contribution is -2.11. The molecule has 0 saturated carbocycles. The summed E-state index contributed by atoms with van der Waals surface area (Å²) in [5, 5.41) is 10.2. The number of nitrogens with zero attached hydrogens (tertiary/aromatic N) is 1. The van der Waals surface area contributed by atoms with Gasteiger partial charge in [0.15, 0.2) is 0 Å². The van der Waals surface area contributed by atoms with Gasteiger partial charge in [-0.3, -0.25) is 0 Å². The Bertz CT molecular complexity index is 599. The molecule has 2 aromatic rings. The maximum Gasteiger partial charge on any atom is 0.142 e. The van der Waals surface area contributed by atoms with Crippen molar-refractivity contribution in [3.63, 3.8) is 0 Å². The van der Waals surface area contributed by atoms with Crippen LogP contribution in [0.15, 0.2) is 42.5 Å². The fourth-order valence-corrected chi connectivity index (χ4v) is 2.41. The molecule has 0 aliphatic rings. The summed E-state index contributed by atoms with van der Waals surface area (Å²) in [6.45, 7) is 1.72. The van der Waals surface area contributed by atoms with E-state index in [-0.39, 0.29) is 0 Å². The van der Waals surface area contributed by atoms with Gasteiger partial charge in [0.05, 0.1) is 29.6 Å². The number of methoxy groups -OCH3 is 1. The predicted octanol–water partition coefficient (Wildman–Crippen LogP) is 4.17. The Balaban J connectivity index is 2.40. The van der Waals surface area contributed by atoms with E-state index >= 15 is 0 Å². The predicted molar refractivity (Wildman–Crippen MR) is 83.1 cm³/mol. The van der Waals surface area contributed by atoms with Gasteiger partial charge in [0.1, 0.15) is 5.75 Å². The first kappa shape index (κ1) is 14.7. The smallest absolute Gasteiger partial charge is 0.142 e. The lowest BCUT2D eigenvalue weighted by Gasteiger charge is -2.23. The van der Waals surface area contributed by atoms with E-state index in [4.69, 9.17) is 16.3 Å². The second kappa shape index (κ2) is 6.16. The highest BCUT2D eigenvalue weighted by molar-refractivity contribution is 6.33. The number of aliphatic hydroxyl groups is 1. The van der Waals surface area contributed by atoms with E-state index in [1.807, 2.05) is 48.3 Å². The molecular weight excluding hydrogens is 274 g/mol. The third kappa shape index (κ3) is 2.89. The molecule has 0 spiro atoms. The molecule has 1 atom stereocenters. The largest absolute Gasteiger partial charge is 0.495 e. The molecule has 0 amide bonds. The van der Waals surface area contributed by atoms with E-state index in [2.05, 4.69) is 0 Å². The molecule has 2 aromatic carbocycles. The molecule has 0 aliphatic carbocycles. The minimum Gasteiger partial charge on any atom is -0.495 e. The lowest BCUT2D eigenvalue weighted by atomic mass is 10.1. The maximum atomic E-state index is 9.58. The fraction of sp³-hybridized carbons (Fsp3) is 0.250. The zero-order valence-electron chi connectivity index (χ0n) is 11.8. The number of hydrogen-bond acceptors (Lipinski definition) is 3. The first-order chi connectivity index (χ1) is 9.54. The summed E-state index contributed by atoms with van der Waals surface area (Å²) in [5.41, 5.74) is 2.59. The number of benzene rings is 2. The normalized spacial score (nSPS) is 12.1. The van der Waals surface area contributed by atoms with Crippen LogP contribution < -0.4 is 9.64 Å². The van der Waals surface area contributed by atoms with E-state index in [9.17, 15) is 5.11 Å². The molecule has 0 aliphatic heterocycles. The average molecular weight is 292 g/mol. The van der Waals surface area contributed by atoms with Crippen molar-refractivity contribution < 1.29 is 9.84 Å². The third-order valence-electron chi connectivity index (χ3n) is 3.26. The highest BCUT2D eigenvalue weighted by Crippen LogP contribution is 2.36. The molecule has 1 N–H and O–H groups in total. The second-order valence-corrected chi connectivity index (χ2v) is 5.02. The van der Waals surface area contributed by atoms with Gasteiger partial charge >= 0.3 is 0 Å². The molecule has 20 heavy (non-hydrogen) atoms. The second-order valence-electron chi connectivity index (χ2n) is 4.62. The number of aliphatic hydroxyl groups excluding tert-OH is 1. The summed E-state index contributed by atoms with van der Waals surface area (Å²) in [6.07, 6.45) is -0.530. The summed E-state index contributed by atoms with van der Waals surface area (Å²) in [7, 11) is 3.58. The lowest BCUT2D eigenvalue weighted by molar-refractivity contribution is 0.199. The molecule has 0 bridgehead atoms. The van der Waals surface area contributed by atoms with Crippen molar-refractivity contribution in [1.82, 2.24) is 0 Å². The van der Waals surface area contributed by atoms with E-state index in [1.165, 1.54) is 0 Å². The molecule has 0 heterocycles. The topological polar surface area (TPSA) is 32.7 Å². The van der Waals surface area contributed by atoms with Crippen molar-refractivity contribution in [2.75, 3.05) is 19.1 Å². The monoisotopic (exact) mass is 291 g/mol. The number of rotatable bonds is 4. The summed E-state index contributed by atoms with van der Waals surface area (Å²) >= 11 is 6.32. The van der Waals surface area contributed by atoms with Crippen LogP contribution >= 0.6 is 11.6 Å². The number of hydrogen-bond donors (Lipinski definition) is 1. The Morgan fingerprint density at radius 2 is 1.85 bits per heavy atom. The Morgan fingerprint density at radius 1 is 1.15 bits per heavy atom. The van der Waals surface area contributed by atoms with Crippen LogP contribution in [0.5, 0.6) is 5.75 Å². The summed E-state index contributed by atoms with van der Waals surface area (Å²) in [6, 6.07) is 13.3. The average Bonchev–Trinajstić information content (AvgIpc) is 2.46. The number of anilines is 2. The van der Waals surface area contributed by atoms with Crippen molar-refractivity contribution >= 4 is 23.0 Å². The van der Waals surface area contributed by atoms with Crippen LogP contribution in [-0.4, -0.2) is 19.3 Å². The molecule has 0 aromatic heterocycles. The van der Waals surface area contributed by atoms with Gasteiger partial charge in [0.2, 0.25) is 0 Å². The SMILES string of the molecule is COc1ccccc1N(C)c1ccc([C@@H](C)O)cc1Cl. The van der Waals surface area contributed by atoms with Gasteiger partial charge < -0.3 is 14.7 Å². The van der Waals surface area contributed by atoms with Crippen LogP contribution in [0.4, 0.5) is 11.4 Å². The van der Waals surface area contributed by atoms with Crippen molar-refractivity contribution in [3.05, 3.63) is 53.1 Å². The molecule has 0 radical (unpaired) electrons. The van der Waals surface area contributed by atoms with Crippen molar-refractivity contribution in [2.24, 2.45) is 0 Å². The van der Waals surface area contributed by atoms with Gasteiger partial charge in [-0.15, -0.1) is 0 Å². The minimum absolute atomic E-state index is 0.530. The van der Waals surface area contributed by atoms with Crippen LogP contribution in [0.3, 0.4) is 0 Å². The van der Waals surface area contributed by atoms with Crippen LogP contribution in [-0.2, 0) is 0 Å². The first-order valence-electron chi connectivity index (χ1n) is 6.39. The maximum absolute atomic E-state index is 9.58. The minimum atomic E-state index is -0.530. The fourth-order valence-electron chi connectivity index (χ4n) is 2.09. The van der Waals surface area contributed by atoms with Crippen LogP contribution in [0.2, 0.25) is 5.02 Å². The Kier molecular flexibility index (Phi) is 4.53. The van der Waals surface area contributed by atoms with Gasteiger partial charge in [0, 0.05) is 7.05 Å². The molecule has 4 heteroatoms. The molecule has 0 unspecified atom stereocenters. The van der Waals surface area contributed by atoms with Crippen LogP contribution in [0.1, 0.15) is 18.6 Å². The molecular formula is C16H18ClNO2. The number of para-hydroxylation sites is 2. The number of ether oxygens (including phenoxy) is 1. The Morgan fingerprint density at radius 3 is 2.45 bits per heavy atom. The van der Waals surface area contributed by atoms with Gasteiger partial charge in [-0.05, 0) is 36.8 Å². The van der Waals surface area contributed by atoms with Gasteiger partial charge in [-0.1, -0.05) is 29.8 Å².